The molecule has 0 aliphatic heterocycles. The summed E-state index contributed by atoms with van der Waals surface area (Å²) >= 11 is 0. The number of nitrogens with zero attached hydrogens (tertiary/aromatic N) is 1. The number of methoxy groups -OCH3 is 1. The highest BCUT2D eigenvalue weighted by Crippen LogP contribution is 2.21. The van der Waals surface area contributed by atoms with Crippen molar-refractivity contribution in [1.82, 2.24) is 4.90 Å². The molecule has 3 nitrogen and oxygen atoms in total. The lowest BCUT2D eigenvalue weighted by molar-refractivity contribution is -0.125. The molecule has 0 N–H and O–H groups in total. The highest BCUT2D eigenvalue weighted by atomic mass is 19.1. The van der Waals surface area contributed by atoms with Crippen molar-refractivity contribution in [3.63, 3.8) is 0 Å². The van der Waals surface area contributed by atoms with Crippen LogP contribution in [0, 0.1) is 12.7 Å². The first-order valence-electron chi connectivity index (χ1n) is 7.32. The third-order valence-corrected chi connectivity index (χ3v) is 3.53. The molecule has 0 unspecified atom stereocenters. The van der Waals surface area contributed by atoms with Gasteiger partial charge in [0.15, 0.2) is 0 Å². The van der Waals surface area contributed by atoms with Crippen LogP contribution in [-0.4, -0.2) is 25.0 Å². The zero-order chi connectivity index (χ0) is 16.8. The van der Waals surface area contributed by atoms with Gasteiger partial charge in [-0.15, -0.1) is 0 Å². The molecule has 0 atom stereocenters. The molecule has 2 rings (SSSR count). The summed E-state index contributed by atoms with van der Waals surface area (Å²) in [6.45, 7) is 2.41. The smallest absolute Gasteiger partial charge is 0.246 e. The second-order valence-electron chi connectivity index (χ2n) is 5.36. The van der Waals surface area contributed by atoms with Crippen molar-refractivity contribution < 1.29 is 13.9 Å². The maximum absolute atomic E-state index is 13.5. The van der Waals surface area contributed by atoms with Gasteiger partial charge in [0.25, 0.3) is 0 Å². The molecule has 2 aromatic carbocycles. The average Bonchev–Trinajstić information content (AvgIpc) is 2.54. The van der Waals surface area contributed by atoms with Gasteiger partial charge in [-0.25, -0.2) is 4.39 Å². The topological polar surface area (TPSA) is 29.5 Å². The van der Waals surface area contributed by atoms with Crippen LogP contribution in [0.4, 0.5) is 4.39 Å². The number of aryl methyl sites for hydroxylation is 1. The molecule has 0 bridgehead atoms. The van der Waals surface area contributed by atoms with E-state index in [9.17, 15) is 9.18 Å². The van der Waals surface area contributed by atoms with Crippen LogP contribution in [-0.2, 0) is 11.3 Å². The highest BCUT2D eigenvalue weighted by molar-refractivity contribution is 5.91. The van der Waals surface area contributed by atoms with Crippen molar-refractivity contribution in [2.45, 2.75) is 13.5 Å². The van der Waals surface area contributed by atoms with Crippen molar-refractivity contribution in [3.8, 4) is 5.75 Å². The molecule has 0 spiro atoms. The molecule has 0 radical (unpaired) electrons. The van der Waals surface area contributed by atoms with Crippen LogP contribution in [0.25, 0.3) is 6.08 Å². The molecule has 0 aromatic heterocycles. The lowest BCUT2D eigenvalue weighted by Crippen LogP contribution is -2.24. The van der Waals surface area contributed by atoms with Crippen molar-refractivity contribution in [3.05, 3.63) is 71.0 Å². The van der Waals surface area contributed by atoms with Crippen LogP contribution >= 0.6 is 0 Å². The predicted octanol–water partition coefficient (Wildman–Crippen LogP) is 3.81. The first-order chi connectivity index (χ1) is 11.0. The number of hydrogen-bond acceptors (Lipinski definition) is 2. The Kier molecular flexibility index (Phi) is 5.52. The Morgan fingerprint density at radius 2 is 2.00 bits per heavy atom. The molecule has 1 amide bonds. The molecule has 4 heteroatoms. The summed E-state index contributed by atoms with van der Waals surface area (Å²) in [6, 6.07) is 12.2. The van der Waals surface area contributed by atoms with E-state index in [-0.39, 0.29) is 11.7 Å². The largest absolute Gasteiger partial charge is 0.496 e. The lowest BCUT2D eigenvalue weighted by atomic mass is 10.1. The number of hydrogen-bond donors (Lipinski definition) is 0. The van der Waals surface area contributed by atoms with Crippen LogP contribution < -0.4 is 4.74 Å². The monoisotopic (exact) mass is 313 g/mol. The minimum absolute atomic E-state index is 0.197. The number of ether oxygens (including phenoxy) is 1. The molecular formula is C19H20FNO2. The third-order valence-electron chi connectivity index (χ3n) is 3.53. The molecule has 120 valence electrons. The van der Waals surface area contributed by atoms with Gasteiger partial charge < -0.3 is 9.64 Å². The number of carbonyl (C=O) groups is 1. The van der Waals surface area contributed by atoms with Gasteiger partial charge in [-0.05, 0) is 25.1 Å². The molecular weight excluding hydrogens is 293 g/mol. The standard InChI is InChI=1S/C19H20FNO2/c1-14-8-10-18(23-3)16(12-14)13-21(2)19(22)11-9-15-6-4-5-7-17(15)20/h4-12H,13H2,1-3H3/b11-9+. The van der Waals surface area contributed by atoms with Gasteiger partial charge in [-0.2, -0.15) is 0 Å². The van der Waals surface area contributed by atoms with E-state index in [4.69, 9.17) is 4.74 Å². The first-order valence-corrected chi connectivity index (χ1v) is 7.32. The quantitative estimate of drug-likeness (QED) is 0.786. The minimum Gasteiger partial charge on any atom is -0.496 e. The maximum atomic E-state index is 13.5. The molecule has 0 heterocycles. The molecule has 0 aliphatic carbocycles. The number of carbonyl (C=O) groups excluding carboxylic acids is 1. The van der Waals surface area contributed by atoms with Crippen LogP contribution in [0.15, 0.2) is 48.5 Å². The van der Waals surface area contributed by atoms with Crippen molar-refractivity contribution in [2.24, 2.45) is 0 Å². The van der Waals surface area contributed by atoms with Crippen LogP contribution in [0.3, 0.4) is 0 Å². The SMILES string of the molecule is COc1ccc(C)cc1CN(C)C(=O)/C=C/c1ccccc1F. The Morgan fingerprint density at radius 3 is 2.70 bits per heavy atom. The summed E-state index contributed by atoms with van der Waals surface area (Å²) in [5.41, 5.74) is 2.42. The summed E-state index contributed by atoms with van der Waals surface area (Å²) in [5, 5.41) is 0. The Balaban J connectivity index is 2.09. The van der Waals surface area contributed by atoms with Crippen LogP contribution in [0.5, 0.6) is 5.75 Å². The molecule has 23 heavy (non-hydrogen) atoms. The number of amides is 1. The molecule has 0 fully saturated rings. The summed E-state index contributed by atoms with van der Waals surface area (Å²) in [4.78, 5) is 13.8. The summed E-state index contributed by atoms with van der Waals surface area (Å²) in [5.74, 6) is 0.199. The van der Waals surface area contributed by atoms with E-state index >= 15 is 0 Å². The highest BCUT2D eigenvalue weighted by Gasteiger charge is 2.10. The van der Waals surface area contributed by atoms with Crippen molar-refractivity contribution in [1.29, 1.82) is 0 Å². The van der Waals surface area contributed by atoms with Gasteiger partial charge >= 0.3 is 0 Å². The van der Waals surface area contributed by atoms with E-state index in [1.807, 2.05) is 25.1 Å². The minimum atomic E-state index is -0.348. The second kappa shape index (κ2) is 7.58. The zero-order valence-electron chi connectivity index (χ0n) is 13.5. The molecule has 0 saturated heterocycles. The maximum Gasteiger partial charge on any atom is 0.246 e. The average molecular weight is 313 g/mol. The molecule has 2 aromatic rings. The molecule has 0 aliphatic rings. The number of benzene rings is 2. The number of likely N-dealkylation sites (N-methyl/N-ethyl adjacent to an activating group) is 1. The van der Waals surface area contributed by atoms with Gasteiger partial charge in [-0.1, -0.05) is 35.9 Å². The second-order valence-corrected chi connectivity index (χ2v) is 5.36. The van der Waals surface area contributed by atoms with Gasteiger partial charge in [0.2, 0.25) is 5.91 Å². The van der Waals surface area contributed by atoms with E-state index in [0.29, 0.717) is 12.1 Å². The van der Waals surface area contributed by atoms with E-state index in [0.717, 1.165) is 16.9 Å². The van der Waals surface area contributed by atoms with Gasteiger partial charge in [0, 0.05) is 30.8 Å². The van der Waals surface area contributed by atoms with E-state index in [1.54, 1.807) is 37.3 Å². The van der Waals surface area contributed by atoms with Gasteiger partial charge in [-0.3, -0.25) is 4.79 Å². The Hall–Kier alpha value is -2.62. The summed E-state index contributed by atoms with van der Waals surface area (Å²) in [6.07, 6.45) is 2.86. The predicted molar refractivity (Wildman–Crippen MR) is 89.6 cm³/mol. The van der Waals surface area contributed by atoms with E-state index in [2.05, 4.69) is 0 Å². The van der Waals surface area contributed by atoms with Crippen molar-refractivity contribution in [2.75, 3.05) is 14.2 Å². The number of halogens is 1. The van der Waals surface area contributed by atoms with Gasteiger partial charge in [0.05, 0.1) is 7.11 Å². The Bertz CT molecular complexity index is 725. The fourth-order valence-electron chi connectivity index (χ4n) is 2.26. The third kappa shape index (κ3) is 4.42. The lowest BCUT2D eigenvalue weighted by Gasteiger charge is -2.17. The Labute approximate surface area is 136 Å². The summed E-state index contributed by atoms with van der Waals surface area (Å²) in [7, 11) is 3.31. The van der Waals surface area contributed by atoms with Gasteiger partial charge in [0.1, 0.15) is 11.6 Å². The zero-order valence-corrected chi connectivity index (χ0v) is 13.5. The van der Waals surface area contributed by atoms with Crippen LogP contribution in [0.1, 0.15) is 16.7 Å². The van der Waals surface area contributed by atoms with Crippen molar-refractivity contribution >= 4 is 12.0 Å². The van der Waals surface area contributed by atoms with E-state index < -0.39 is 0 Å². The molecule has 0 saturated carbocycles. The fourth-order valence-corrected chi connectivity index (χ4v) is 2.26. The fraction of sp³-hybridized carbons (Fsp3) is 0.211. The summed E-state index contributed by atoms with van der Waals surface area (Å²) < 4.78 is 18.9. The van der Waals surface area contributed by atoms with E-state index in [1.165, 1.54) is 18.2 Å². The van der Waals surface area contributed by atoms with Crippen LogP contribution in [0.2, 0.25) is 0 Å². The normalized spacial score (nSPS) is 10.8. The Morgan fingerprint density at radius 1 is 1.26 bits per heavy atom. The first kappa shape index (κ1) is 16.7. The number of rotatable bonds is 5.